The summed E-state index contributed by atoms with van der Waals surface area (Å²) in [5, 5.41) is 0. The second-order valence-electron chi connectivity index (χ2n) is 0.354. The minimum absolute atomic E-state index is 0. The molecule has 0 fully saturated rings. The fourth-order valence-electron chi connectivity index (χ4n) is 0. The molecule has 1 nitrogen and oxygen atoms in total. The van der Waals surface area contributed by atoms with Gasteiger partial charge < -0.3 is 5.73 Å². The van der Waals surface area contributed by atoms with Crippen molar-refractivity contribution in [2.75, 3.05) is 6.54 Å². The zero-order valence-electron chi connectivity index (χ0n) is 3.94. The van der Waals surface area contributed by atoms with Crippen molar-refractivity contribution in [2.45, 2.75) is 6.92 Å². The van der Waals surface area contributed by atoms with Crippen molar-refractivity contribution < 1.29 is 98.1 Å². The zero-order valence-corrected chi connectivity index (χ0v) is 12.5. The number of rotatable bonds is 0. The molecule has 0 rings (SSSR count). The summed E-state index contributed by atoms with van der Waals surface area (Å²) in [7, 11) is 0. The second-order valence-corrected chi connectivity index (χ2v) is 0.354. The molecule has 0 saturated heterocycles. The predicted octanol–water partition coefficient (Wildman–Crippen LogP) is 1.05. The monoisotopic (exact) mass is 311 g/mol. The van der Waals surface area contributed by atoms with Crippen LogP contribution in [0.15, 0.2) is 0 Å². The van der Waals surface area contributed by atoms with E-state index < -0.39 is 0 Å². The van der Waals surface area contributed by atoms with Crippen LogP contribution < -0.4 is 0 Å². The summed E-state index contributed by atoms with van der Waals surface area (Å²) in [5.74, 6) is 0. The molecule has 0 spiro atoms. The standard InChI is InChI=1S/C2H6N.3Y/c1-2-3;;;/h3H,2H2,1H3;;;/q-1;;;. The van der Waals surface area contributed by atoms with Crippen molar-refractivity contribution in [2.24, 2.45) is 0 Å². The molecule has 3 radical (unpaired) electrons. The van der Waals surface area contributed by atoms with Crippen LogP contribution in [0.4, 0.5) is 0 Å². The molecule has 0 atom stereocenters. The smallest absolute Gasteiger partial charge is 0 e. The molecule has 1 N–H and O–H groups in total. The van der Waals surface area contributed by atoms with Crippen molar-refractivity contribution in [1.29, 1.82) is 0 Å². The molecule has 0 amide bonds. The molecule has 0 aliphatic carbocycles. The predicted molar refractivity (Wildman–Crippen MR) is 14.9 cm³/mol. The van der Waals surface area contributed by atoms with Gasteiger partial charge in [0, 0.05) is 98.1 Å². The van der Waals surface area contributed by atoms with E-state index in [1.807, 2.05) is 0 Å². The number of hydrogen-bond acceptors (Lipinski definition) is 0. The van der Waals surface area contributed by atoms with Gasteiger partial charge in [0.15, 0.2) is 0 Å². The molecule has 0 saturated carbocycles. The van der Waals surface area contributed by atoms with Gasteiger partial charge in [-0.05, 0) is 0 Å². The van der Waals surface area contributed by atoms with E-state index in [0.29, 0.717) is 6.54 Å². The van der Waals surface area contributed by atoms with Crippen molar-refractivity contribution in [3.8, 4) is 0 Å². The Morgan fingerprint density at radius 1 is 1.17 bits per heavy atom. The van der Waals surface area contributed by atoms with Gasteiger partial charge >= 0.3 is 0 Å². The molecule has 0 aromatic heterocycles. The Balaban J connectivity index is -0.00000000667. The summed E-state index contributed by atoms with van der Waals surface area (Å²) in [4.78, 5) is 0. The topological polar surface area (TPSA) is 23.8 Å². The molecule has 0 bridgehead atoms. The summed E-state index contributed by atoms with van der Waals surface area (Å²) in [6.45, 7) is 2.29. The van der Waals surface area contributed by atoms with Crippen LogP contribution in [0.2, 0.25) is 0 Å². The summed E-state index contributed by atoms with van der Waals surface area (Å²) >= 11 is 0. The Labute approximate surface area is 115 Å². The Bertz CT molecular complexity index is 8.75. The molecule has 0 aliphatic heterocycles. The summed E-state index contributed by atoms with van der Waals surface area (Å²) in [6, 6.07) is 0. The molecule has 6 heavy (non-hydrogen) atoms. The Morgan fingerprint density at radius 2 is 1.17 bits per heavy atom. The maximum Gasteiger partial charge on any atom is 0 e. The van der Waals surface area contributed by atoms with E-state index in [0.717, 1.165) is 0 Å². The Kier molecular flexibility index (Phi) is 91.2. The molecule has 29 valence electrons. The molecule has 4 heteroatoms. The van der Waals surface area contributed by atoms with Gasteiger partial charge in [0.1, 0.15) is 0 Å². The fourth-order valence-corrected chi connectivity index (χ4v) is 0. The van der Waals surface area contributed by atoms with Crippen LogP contribution in [-0.4, -0.2) is 6.54 Å². The van der Waals surface area contributed by atoms with Crippen LogP contribution in [0.5, 0.6) is 0 Å². The first-order valence-corrected chi connectivity index (χ1v) is 1.06. The Hall–Kier alpha value is 3.27. The third kappa shape index (κ3) is 26.7. The number of nitrogens with one attached hydrogen (secondary N) is 1. The van der Waals surface area contributed by atoms with Crippen molar-refractivity contribution >= 4 is 0 Å². The largest absolute Gasteiger partial charge is 0.678 e. The first-order chi connectivity index (χ1) is 1.41. The van der Waals surface area contributed by atoms with Crippen LogP contribution in [0, 0.1) is 0 Å². The minimum atomic E-state index is 0. The van der Waals surface area contributed by atoms with Crippen LogP contribution in [0.1, 0.15) is 6.92 Å². The third-order valence-electron chi connectivity index (χ3n) is 0. The van der Waals surface area contributed by atoms with E-state index in [9.17, 15) is 0 Å². The number of hydrogen-bond donors (Lipinski definition) is 0. The van der Waals surface area contributed by atoms with E-state index in [4.69, 9.17) is 5.73 Å². The summed E-state index contributed by atoms with van der Waals surface area (Å²) in [6.07, 6.45) is 0. The second kappa shape index (κ2) is 24.0. The molecule has 0 aromatic carbocycles. The Morgan fingerprint density at radius 3 is 1.17 bits per heavy atom. The molecular formula is C2H6NY3-. The molecule has 0 aromatic rings. The van der Waals surface area contributed by atoms with E-state index >= 15 is 0 Å². The summed E-state index contributed by atoms with van der Waals surface area (Å²) in [5.41, 5.74) is 6.21. The van der Waals surface area contributed by atoms with Crippen molar-refractivity contribution in [3.05, 3.63) is 5.73 Å². The van der Waals surface area contributed by atoms with Gasteiger partial charge in [-0.25, -0.2) is 0 Å². The minimum Gasteiger partial charge on any atom is -0.678 e. The van der Waals surface area contributed by atoms with Crippen molar-refractivity contribution in [1.82, 2.24) is 0 Å². The van der Waals surface area contributed by atoms with Gasteiger partial charge in [-0.2, -0.15) is 6.54 Å². The van der Waals surface area contributed by atoms with Crippen molar-refractivity contribution in [3.63, 3.8) is 0 Å². The van der Waals surface area contributed by atoms with E-state index in [1.165, 1.54) is 0 Å². The third-order valence-corrected chi connectivity index (χ3v) is 0. The van der Waals surface area contributed by atoms with Gasteiger partial charge in [-0.15, -0.1) is 0 Å². The molecular weight excluding hydrogens is 305 g/mol. The van der Waals surface area contributed by atoms with Crippen LogP contribution >= 0.6 is 0 Å². The molecule has 0 aliphatic rings. The average molecular weight is 311 g/mol. The maximum absolute atomic E-state index is 6.21. The molecule has 0 unspecified atom stereocenters. The first-order valence-electron chi connectivity index (χ1n) is 1.06. The zero-order chi connectivity index (χ0) is 2.71. The normalized spacial score (nSPS) is 3.00. The van der Waals surface area contributed by atoms with E-state index in [1.54, 1.807) is 6.92 Å². The van der Waals surface area contributed by atoms with Gasteiger partial charge in [0.2, 0.25) is 0 Å². The van der Waals surface area contributed by atoms with Gasteiger partial charge in [-0.1, -0.05) is 6.92 Å². The van der Waals surface area contributed by atoms with Gasteiger partial charge in [0.25, 0.3) is 0 Å². The molecule has 0 heterocycles. The van der Waals surface area contributed by atoms with Crippen LogP contribution in [0.25, 0.3) is 5.73 Å². The van der Waals surface area contributed by atoms with Gasteiger partial charge in [-0.3, -0.25) is 0 Å². The van der Waals surface area contributed by atoms with Gasteiger partial charge in [0.05, 0.1) is 0 Å². The maximum atomic E-state index is 6.21. The SMILES string of the molecule is CC[NH-].[Y].[Y].[Y]. The van der Waals surface area contributed by atoms with Crippen LogP contribution in [-0.2, 0) is 98.1 Å². The van der Waals surface area contributed by atoms with Crippen LogP contribution in [0.3, 0.4) is 0 Å². The summed E-state index contributed by atoms with van der Waals surface area (Å²) < 4.78 is 0. The van der Waals surface area contributed by atoms with E-state index in [-0.39, 0.29) is 98.1 Å². The fraction of sp³-hybridized carbons (Fsp3) is 1.00. The quantitative estimate of drug-likeness (QED) is 0.639. The van der Waals surface area contributed by atoms with E-state index in [2.05, 4.69) is 0 Å². The first kappa shape index (κ1) is 22.8. The average Bonchev–Trinajstić information content (AvgIpc) is 0.918.